The van der Waals surface area contributed by atoms with Crippen molar-refractivity contribution in [3.05, 3.63) is 60.6 Å². The lowest BCUT2D eigenvalue weighted by atomic mass is 10.1. The van der Waals surface area contributed by atoms with Gasteiger partial charge in [-0.25, -0.2) is 4.98 Å². The molecule has 0 amide bonds. The molecule has 0 atom stereocenters. The van der Waals surface area contributed by atoms with E-state index in [4.69, 9.17) is 10.5 Å². The molecule has 0 unspecified atom stereocenters. The molecule has 4 heteroatoms. The van der Waals surface area contributed by atoms with Crippen LogP contribution in [0.1, 0.15) is 5.69 Å². The van der Waals surface area contributed by atoms with Gasteiger partial charge < -0.3 is 15.0 Å². The molecule has 0 spiro atoms. The van der Waals surface area contributed by atoms with Gasteiger partial charge in [0.05, 0.1) is 5.69 Å². The lowest BCUT2D eigenvalue weighted by Gasteiger charge is -2.06. The van der Waals surface area contributed by atoms with Crippen LogP contribution in [0.15, 0.2) is 54.9 Å². The average Bonchev–Trinajstić information content (AvgIpc) is 2.79. The zero-order valence-corrected chi connectivity index (χ0v) is 12.1. The number of pyridine rings is 1. The van der Waals surface area contributed by atoms with Crippen molar-refractivity contribution in [3.63, 3.8) is 0 Å². The Morgan fingerprint density at radius 2 is 1.81 bits per heavy atom. The Morgan fingerprint density at radius 1 is 1.05 bits per heavy atom. The molecule has 2 heterocycles. The van der Waals surface area contributed by atoms with E-state index in [2.05, 4.69) is 4.98 Å². The molecule has 0 fully saturated rings. The van der Waals surface area contributed by atoms with E-state index in [1.54, 1.807) is 0 Å². The van der Waals surface area contributed by atoms with Crippen molar-refractivity contribution in [2.24, 2.45) is 7.05 Å². The van der Waals surface area contributed by atoms with Crippen molar-refractivity contribution in [2.75, 3.05) is 5.73 Å². The lowest BCUT2D eigenvalue weighted by Crippen LogP contribution is -1.89. The summed E-state index contributed by atoms with van der Waals surface area (Å²) >= 11 is 0. The monoisotopic (exact) mass is 279 g/mol. The van der Waals surface area contributed by atoms with Crippen LogP contribution in [0.4, 0.5) is 5.69 Å². The van der Waals surface area contributed by atoms with Crippen molar-refractivity contribution in [1.82, 2.24) is 9.55 Å². The number of aryl methyl sites for hydroxylation is 2. The Kier molecular flexibility index (Phi) is 3.36. The van der Waals surface area contributed by atoms with Gasteiger partial charge in [-0.1, -0.05) is 18.2 Å². The van der Waals surface area contributed by atoms with Crippen LogP contribution in [-0.2, 0) is 7.05 Å². The molecular formula is C17H17N3O. The second kappa shape index (κ2) is 5.32. The van der Waals surface area contributed by atoms with Gasteiger partial charge >= 0.3 is 0 Å². The summed E-state index contributed by atoms with van der Waals surface area (Å²) in [6, 6.07) is 13.5. The van der Waals surface area contributed by atoms with Crippen molar-refractivity contribution >= 4 is 5.69 Å². The molecule has 106 valence electrons. The first-order valence-electron chi connectivity index (χ1n) is 6.75. The summed E-state index contributed by atoms with van der Waals surface area (Å²) in [7, 11) is 1.96. The predicted octanol–water partition coefficient (Wildman–Crippen LogP) is 3.77. The number of hydrogen-bond acceptors (Lipinski definition) is 3. The molecule has 0 bridgehead atoms. The Labute approximate surface area is 123 Å². The largest absolute Gasteiger partial charge is 0.439 e. The first-order chi connectivity index (χ1) is 10.1. The minimum Gasteiger partial charge on any atom is -0.439 e. The maximum Gasteiger partial charge on any atom is 0.219 e. The maximum atomic E-state index is 5.99. The maximum absolute atomic E-state index is 5.99. The van der Waals surface area contributed by atoms with Gasteiger partial charge in [0.25, 0.3) is 0 Å². The Bertz CT molecular complexity index is 760. The van der Waals surface area contributed by atoms with Gasteiger partial charge in [-0.3, -0.25) is 0 Å². The first-order valence-corrected chi connectivity index (χ1v) is 6.75. The Hall–Kier alpha value is -2.75. The molecule has 0 aliphatic rings. The Balaban J connectivity index is 1.83. The second-order valence-corrected chi connectivity index (χ2v) is 5.04. The summed E-state index contributed by atoms with van der Waals surface area (Å²) in [6.45, 7) is 1.94. The van der Waals surface area contributed by atoms with Gasteiger partial charge in [0, 0.05) is 36.8 Å². The lowest BCUT2D eigenvalue weighted by molar-refractivity contribution is 0.462. The zero-order valence-electron chi connectivity index (χ0n) is 12.1. The fraction of sp³-hybridized carbons (Fsp3) is 0.118. The molecule has 3 aromatic rings. The Morgan fingerprint density at radius 3 is 2.43 bits per heavy atom. The van der Waals surface area contributed by atoms with Crippen molar-refractivity contribution in [2.45, 2.75) is 6.92 Å². The summed E-state index contributed by atoms with van der Waals surface area (Å²) in [5.74, 6) is 1.35. The van der Waals surface area contributed by atoms with Crippen LogP contribution in [0.3, 0.4) is 0 Å². The fourth-order valence-corrected chi connectivity index (χ4v) is 2.24. The number of nitrogen functional groups attached to an aromatic ring is 1. The molecule has 3 rings (SSSR count). The normalized spacial score (nSPS) is 10.6. The van der Waals surface area contributed by atoms with E-state index in [1.165, 1.54) is 0 Å². The van der Waals surface area contributed by atoms with E-state index in [1.807, 2.05) is 73.4 Å². The van der Waals surface area contributed by atoms with Crippen LogP contribution in [0.25, 0.3) is 11.1 Å². The third-order valence-corrected chi connectivity index (χ3v) is 3.24. The molecule has 2 N–H and O–H groups in total. The van der Waals surface area contributed by atoms with E-state index in [-0.39, 0.29) is 0 Å². The molecule has 0 radical (unpaired) electrons. The van der Waals surface area contributed by atoms with Crippen molar-refractivity contribution in [1.29, 1.82) is 0 Å². The smallest absolute Gasteiger partial charge is 0.219 e. The average molecular weight is 279 g/mol. The summed E-state index contributed by atoms with van der Waals surface area (Å²) < 4.78 is 7.69. The summed E-state index contributed by atoms with van der Waals surface area (Å²) in [5, 5.41) is 0. The second-order valence-electron chi connectivity index (χ2n) is 5.04. The molecule has 0 aliphatic carbocycles. The van der Waals surface area contributed by atoms with E-state index in [0.717, 1.165) is 28.3 Å². The van der Waals surface area contributed by atoms with Gasteiger partial charge in [-0.2, -0.15) is 0 Å². The molecule has 1 aromatic carbocycles. The number of hydrogen-bond donors (Lipinski definition) is 1. The molecule has 0 saturated heterocycles. The minimum absolute atomic E-state index is 0.599. The van der Waals surface area contributed by atoms with Crippen LogP contribution in [-0.4, -0.2) is 9.55 Å². The van der Waals surface area contributed by atoms with Crippen LogP contribution in [0, 0.1) is 6.92 Å². The van der Waals surface area contributed by atoms with Gasteiger partial charge in [0.15, 0.2) is 0 Å². The van der Waals surface area contributed by atoms with Gasteiger partial charge in [0.2, 0.25) is 5.88 Å². The number of rotatable bonds is 3. The van der Waals surface area contributed by atoms with Crippen LogP contribution in [0.5, 0.6) is 11.6 Å². The van der Waals surface area contributed by atoms with Crippen molar-refractivity contribution < 1.29 is 4.74 Å². The van der Waals surface area contributed by atoms with Gasteiger partial charge in [0.1, 0.15) is 5.75 Å². The summed E-state index contributed by atoms with van der Waals surface area (Å²) in [6.07, 6.45) is 3.91. The van der Waals surface area contributed by atoms with Gasteiger partial charge in [-0.15, -0.1) is 0 Å². The van der Waals surface area contributed by atoms with Gasteiger partial charge in [-0.05, 0) is 30.7 Å². The third-order valence-electron chi connectivity index (χ3n) is 3.24. The minimum atomic E-state index is 0.599. The van der Waals surface area contributed by atoms with E-state index < -0.39 is 0 Å². The highest BCUT2D eigenvalue weighted by atomic mass is 16.5. The highest BCUT2D eigenvalue weighted by Gasteiger charge is 2.06. The molecular weight excluding hydrogens is 262 g/mol. The molecule has 4 nitrogen and oxygen atoms in total. The quantitative estimate of drug-likeness (QED) is 0.794. The first kappa shape index (κ1) is 13.2. The highest BCUT2D eigenvalue weighted by molar-refractivity contribution is 5.76. The topological polar surface area (TPSA) is 53.1 Å². The van der Waals surface area contributed by atoms with Crippen LogP contribution in [0.2, 0.25) is 0 Å². The highest BCUT2D eigenvalue weighted by Crippen LogP contribution is 2.29. The summed E-state index contributed by atoms with van der Waals surface area (Å²) in [4.78, 5) is 4.32. The standard InChI is InChI=1S/C17H17N3O/c1-12-4-3-5-17(19-12)21-14-8-6-13(7-9-14)15-10-20(2)11-16(15)18/h3-11H,18H2,1-2H3. The van der Waals surface area contributed by atoms with Crippen molar-refractivity contribution in [3.8, 4) is 22.8 Å². The number of aromatic nitrogens is 2. The predicted molar refractivity (Wildman–Crippen MR) is 84.3 cm³/mol. The molecule has 0 saturated carbocycles. The number of ether oxygens (including phenoxy) is 1. The molecule has 0 aliphatic heterocycles. The number of anilines is 1. The number of nitrogens with zero attached hydrogens (tertiary/aromatic N) is 2. The number of benzene rings is 1. The van der Waals surface area contributed by atoms with E-state index in [9.17, 15) is 0 Å². The molecule has 2 aromatic heterocycles. The summed E-state index contributed by atoms with van der Waals surface area (Å²) in [5.41, 5.74) is 9.78. The fourth-order valence-electron chi connectivity index (χ4n) is 2.24. The number of nitrogens with two attached hydrogens (primary N) is 1. The van der Waals surface area contributed by atoms with Crippen LogP contribution >= 0.6 is 0 Å². The van der Waals surface area contributed by atoms with Crippen LogP contribution < -0.4 is 10.5 Å². The zero-order chi connectivity index (χ0) is 14.8. The van der Waals surface area contributed by atoms with E-state index >= 15 is 0 Å². The third kappa shape index (κ3) is 2.89. The van der Waals surface area contributed by atoms with E-state index in [0.29, 0.717) is 5.88 Å². The molecule has 21 heavy (non-hydrogen) atoms. The SMILES string of the molecule is Cc1cccc(Oc2ccc(-c3cn(C)cc3N)cc2)n1.